The molecule has 4 nitrogen and oxygen atoms in total. The normalized spacial score (nSPS) is 15.2. The molecule has 1 fully saturated rings. The first-order chi connectivity index (χ1) is 10.3. The Balaban J connectivity index is 1.91. The van der Waals surface area contributed by atoms with Gasteiger partial charge < -0.3 is 10.2 Å². The molecule has 1 aliphatic heterocycles. The van der Waals surface area contributed by atoms with Gasteiger partial charge >= 0.3 is 0 Å². The number of nitrogens with zero attached hydrogens (tertiary/aromatic N) is 2. The van der Waals surface area contributed by atoms with Crippen LogP contribution in [-0.2, 0) is 6.42 Å². The van der Waals surface area contributed by atoms with Gasteiger partial charge in [0.05, 0.1) is 5.69 Å². The summed E-state index contributed by atoms with van der Waals surface area (Å²) in [6.07, 6.45) is 0.788. The number of benzene rings is 1. The highest BCUT2D eigenvalue weighted by atomic mass is 32.1. The smallest absolute Gasteiger partial charge is 0.265 e. The number of amides is 1. The molecule has 0 aliphatic carbocycles. The fourth-order valence-electron chi connectivity index (χ4n) is 2.47. The van der Waals surface area contributed by atoms with Gasteiger partial charge in [-0.15, -0.1) is 11.3 Å². The summed E-state index contributed by atoms with van der Waals surface area (Å²) >= 11 is 1.52. The number of carbonyl (C=O) groups excluding carboxylic acids is 1. The number of hydrogen-bond acceptors (Lipinski definition) is 4. The molecule has 1 N–H and O–H groups in total. The van der Waals surface area contributed by atoms with Crippen molar-refractivity contribution in [1.82, 2.24) is 15.2 Å². The molecule has 1 aromatic heterocycles. The topological polar surface area (TPSA) is 45.2 Å². The van der Waals surface area contributed by atoms with Crippen LogP contribution in [0.4, 0.5) is 0 Å². The molecule has 0 spiro atoms. The zero-order chi connectivity index (χ0) is 14.7. The van der Waals surface area contributed by atoms with Gasteiger partial charge in [-0.1, -0.05) is 37.3 Å². The lowest BCUT2D eigenvalue weighted by Crippen LogP contribution is -2.46. The summed E-state index contributed by atoms with van der Waals surface area (Å²) < 4.78 is 0. The van der Waals surface area contributed by atoms with Crippen molar-refractivity contribution in [2.75, 3.05) is 26.2 Å². The second-order valence-electron chi connectivity index (χ2n) is 5.06. The van der Waals surface area contributed by atoms with E-state index in [4.69, 9.17) is 0 Å². The van der Waals surface area contributed by atoms with Crippen molar-refractivity contribution in [1.29, 1.82) is 0 Å². The highest BCUT2D eigenvalue weighted by molar-refractivity contribution is 7.17. The first-order valence-electron chi connectivity index (χ1n) is 7.34. The van der Waals surface area contributed by atoms with E-state index in [1.165, 1.54) is 11.3 Å². The molecule has 5 heteroatoms. The summed E-state index contributed by atoms with van der Waals surface area (Å²) in [6.45, 7) is 5.36. The van der Waals surface area contributed by atoms with Crippen LogP contribution in [0.15, 0.2) is 30.3 Å². The number of carbonyl (C=O) groups is 1. The van der Waals surface area contributed by atoms with E-state index in [-0.39, 0.29) is 5.91 Å². The van der Waals surface area contributed by atoms with E-state index < -0.39 is 0 Å². The Morgan fingerprint density at radius 2 is 2.00 bits per heavy atom. The van der Waals surface area contributed by atoms with Crippen LogP contribution in [0.5, 0.6) is 0 Å². The SMILES string of the molecule is CCc1nc(-c2ccccc2)sc1C(=O)N1CCNCC1. The van der Waals surface area contributed by atoms with E-state index in [2.05, 4.69) is 17.2 Å². The first-order valence-corrected chi connectivity index (χ1v) is 8.16. The van der Waals surface area contributed by atoms with Crippen LogP contribution in [0.1, 0.15) is 22.3 Å². The molecule has 0 saturated carbocycles. The monoisotopic (exact) mass is 301 g/mol. The van der Waals surface area contributed by atoms with Gasteiger partial charge in [-0.05, 0) is 6.42 Å². The third-order valence-electron chi connectivity index (χ3n) is 3.65. The van der Waals surface area contributed by atoms with E-state index in [0.29, 0.717) is 0 Å². The molecule has 0 unspecified atom stereocenters. The average molecular weight is 301 g/mol. The number of aryl methyl sites for hydroxylation is 1. The number of nitrogens with one attached hydrogen (secondary N) is 1. The van der Waals surface area contributed by atoms with Crippen LogP contribution < -0.4 is 5.32 Å². The van der Waals surface area contributed by atoms with E-state index in [1.807, 2.05) is 35.2 Å². The molecule has 0 atom stereocenters. The van der Waals surface area contributed by atoms with Gasteiger partial charge in [0.25, 0.3) is 5.91 Å². The van der Waals surface area contributed by atoms with Gasteiger partial charge in [-0.25, -0.2) is 4.98 Å². The first kappa shape index (κ1) is 14.2. The zero-order valence-electron chi connectivity index (χ0n) is 12.1. The highest BCUT2D eigenvalue weighted by Gasteiger charge is 2.23. The second-order valence-corrected chi connectivity index (χ2v) is 6.06. The predicted molar refractivity (Wildman–Crippen MR) is 85.7 cm³/mol. The Kier molecular flexibility index (Phi) is 4.31. The van der Waals surface area contributed by atoms with Gasteiger partial charge in [-0.2, -0.15) is 0 Å². The average Bonchev–Trinajstić information content (AvgIpc) is 3.00. The molecule has 1 saturated heterocycles. The summed E-state index contributed by atoms with van der Waals surface area (Å²) in [6, 6.07) is 10.1. The van der Waals surface area contributed by atoms with Crippen molar-refractivity contribution in [3.8, 4) is 10.6 Å². The molecule has 2 aromatic rings. The second kappa shape index (κ2) is 6.37. The van der Waals surface area contributed by atoms with Crippen molar-refractivity contribution in [2.45, 2.75) is 13.3 Å². The Hall–Kier alpha value is -1.72. The minimum Gasteiger partial charge on any atom is -0.335 e. The van der Waals surface area contributed by atoms with Gasteiger partial charge in [0.15, 0.2) is 0 Å². The number of piperazine rings is 1. The van der Waals surface area contributed by atoms with Crippen LogP contribution in [0.3, 0.4) is 0 Å². The number of rotatable bonds is 3. The van der Waals surface area contributed by atoms with Crippen molar-refractivity contribution in [3.63, 3.8) is 0 Å². The molecule has 21 heavy (non-hydrogen) atoms. The maximum Gasteiger partial charge on any atom is 0.265 e. The predicted octanol–water partition coefficient (Wildman–Crippen LogP) is 2.42. The molecule has 110 valence electrons. The van der Waals surface area contributed by atoms with Crippen molar-refractivity contribution in [3.05, 3.63) is 40.9 Å². The highest BCUT2D eigenvalue weighted by Crippen LogP contribution is 2.29. The fraction of sp³-hybridized carbons (Fsp3) is 0.375. The molecule has 1 aliphatic rings. The molecule has 3 rings (SSSR count). The molecule has 1 aromatic carbocycles. The van der Waals surface area contributed by atoms with Crippen molar-refractivity contribution in [2.24, 2.45) is 0 Å². The Labute approximate surface area is 128 Å². The number of aromatic nitrogens is 1. The summed E-state index contributed by atoms with van der Waals surface area (Å²) in [4.78, 5) is 20.1. The van der Waals surface area contributed by atoms with Crippen molar-refractivity contribution >= 4 is 17.2 Å². The molecule has 0 radical (unpaired) electrons. The Bertz CT molecular complexity index is 618. The van der Waals surface area contributed by atoms with Crippen LogP contribution in [0, 0.1) is 0 Å². The number of thiazole rings is 1. The van der Waals surface area contributed by atoms with Crippen molar-refractivity contribution < 1.29 is 4.79 Å². The van der Waals surface area contributed by atoms with E-state index >= 15 is 0 Å². The van der Waals surface area contributed by atoms with Crippen LogP contribution in [0.25, 0.3) is 10.6 Å². The quantitative estimate of drug-likeness (QED) is 0.947. The zero-order valence-corrected chi connectivity index (χ0v) is 12.9. The maximum atomic E-state index is 12.7. The van der Waals surface area contributed by atoms with Gasteiger partial charge in [0, 0.05) is 31.7 Å². The third kappa shape index (κ3) is 2.99. The minimum atomic E-state index is 0.132. The lowest BCUT2D eigenvalue weighted by molar-refractivity contribution is 0.0739. The largest absolute Gasteiger partial charge is 0.335 e. The third-order valence-corrected chi connectivity index (χ3v) is 4.79. The molecule has 1 amide bonds. The van der Waals surface area contributed by atoms with E-state index in [0.717, 1.165) is 53.7 Å². The molecule has 0 bridgehead atoms. The van der Waals surface area contributed by atoms with Gasteiger partial charge in [0.1, 0.15) is 9.88 Å². The lowest BCUT2D eigenvalue weighted by Gasteiger charge is -2.27. The summed E-state index contributed by atoms with van der Waals surface area (Å²) in [5.41, 5.74) is 2.00. The molecular formula is C16H19N3OS. The Morgan fingerprint density at radius 1 is 1.29 bits per heavy atom. The summed E-state index contributed by atoms with van der Waals surface area (Å²) in [5.74, 6) is 0.132. The lowest BCUT2D eigenvalue weighted by atomic mass is 10.2. The van der Waals surface area contributed by atoms with Gasteiger partial charge in [0.2, 0.25) is 0 Å². The minimum absolute atomic E-state index is 0.132. The summed E-state index contributed by atoms with van der Waals surface area (Å²) in [7, 11) is 0. The van der Waals surface area contributed by atoms with Crippen LogP contribution in [0.2, 0.25) is 0 Å². The van der Waals surface area contributed by atoms with E-state index in [1.54, 1.807) is 0 Å². The molecular weight excluding hydrogens is 282 g/mol. The number of hydrogen-bond donors (Lipinski definition) is 1. The molecule has 2 heterocycles. The standard InChI is InChI=1S/C16H19N3OS/c1-2-13-14(16(20)19-10-8-17-9-11-19)21-15(18-13)12-6-4-3-5-7-12/h3-7,17H,2,8-11H2,1H3. The fourth-order valence-corrected chi connectivity index (χ4v) is 3.60. The van der Waals surface area contributed by atoms with Gasteiger partial charge in [-0.3, -0.25) is 4.79 Å². The van der Waals surface area contributed by atoms with E-state index in [9.17, 15) is 4.79 Å². The van der Waals surface area contributed by atoms with Crippen LogP contribution >= 0.6 is 11.3 Å². The van der Waals surface area contributed by atoms with Crippen LogP contribution in [-0.4, -0.2) is 42.0 Å². The Morgan fingerprint density at radius 3 is 2.67 bits per heavy atom. The maximum absolute atomic E-state index is 12.7. The summed E-state index contributed by atoms with van der Waals surface area (Å²) in [5, 5.41) is 4.21.